The van der Waals surface area contributed by atoms with Gasteiger partial charge in [0.15, 0.2) is 6.61 Å². The Hall–Kier alpha value is -1.77. The minimum Gasteiger partial charge on any atom is -0.544 e. The van der Waals surface area contributed by atoms with E-state index in [1.165, 1.54) is 0 Å². The van der Waals surface area contributed by atoms with Crippen LogP contribution in [0.3, 0.4) is 0 Å². The molecule has 9 heteroatoms. The summed E-state index contributed by atoms with van der Waals surface area (Å²) in [5.74, 6) is -10.5. The highest BCUT2D eigenvalue weighted by atomic mass is 19.3. The lowest BCUT2D eigenvalue weighted by atomic mass is 9.80. The molecule has 0 radical (unpaired) electrons. The molecule has 0 saturated carbocycles. The number of hydrogen-bond donors (Lipinski definition) is 0. The first-order chi connectivity index (χ1) is 9.31. The van der Waals surface area contributed by atoms with Crippen molar-refractivity contribution in [3.8, 4) is 0 Å². The minimum absolute atomic E-state index is 0.309. The normalized spacial score (nSPS) is 37.9. The van der Waals surface area contributed by atoms with Gasteiger partial charge in [-0.15, -0.1) is 0 Å². The zero-order chi connectivity index (χ0) is 14.7. The van der Waals surface area contributed by atoms with E-state index in [0.717, 1.165) is 0 Å². The number of halogens is 2. The van der Waals surface area contributed by atoms with Crippen LogP contribution < -0.4 is 5.11 Å². The average molecular weight is 291 g/mol. The van der Waals surface area contributed by atoms with Crippen LogP contribution in [0.2, 0.25) is 0 Å². The Kier molecular flexibility index (Phi) is 2.72. The summed E-state index contributed by atoms with van der Waals surface area (Å²) in [5, 5.41) is 10.1. The van der Waals surface area contributed by atoms with Gasteiger partial charge in [0.2, 0.25) is 0 Å². The van der Waals surface area contributed by atoms with E-state index in [-0.39, 0.29) is 0 Å². The van der Waals surface area contributed by atoms with E-state index in [4.69, 9.17) is 9.47 Å². The maximum absolute atomic E-state index is 12.8. The first kappa shape index (κ1) is 13.2. The Morgan fingerprint density at radius 1 is 1.40 bits per heavy atom. The fourth-order valence-corrected chi connectivity index (χ4v) is 2.93. The molecule has 0 N–H and O–H groups in total. The lowest BCUT2D eigenvalue weighted by molar-refractivity contribution is -0.331. The quantitative estimate of drug-likeness (QED) is 0.565. The highest BCUT2D eigenvalue weighted by molar-refractivity contribution is 5.86. The van der Waals surface area contributed by atoms with Gasteiger partial charge in [-0.05, 0) is 0 Å². The Morgan fingerprint density at radius 2 is 2.10 bits per heavy atom. The third-order valence-corrected chi connectivity index (χ3v) is 3.81. The Labute approximate surface area is 110 Å². The standard InChI is InChI=1S/C11H10F2O7/c12-11(13,10(16)17)2-18-8(14)5-3-1-4-7(19-3)6(5)9(15)20-4/h3-7H,1-2H2,(H,16,17)/p-1. The summed E-state index contributed by atoms with van der Waals surface area (Å²) in [7, 11) is 0. The van der Waals surface area contributed by atoms with Crippen molar-refractivity contribution in [1.82, 2.24) is 0 Å². The third-order valence-electron chi connectivity index (χ3n) is 3.81. The summed E-state index contributed by atoms with van der Waals surface area (Å²) in [6.45, 7) is -1.63. The summed E-state index contributed by atoms with van der Waals surface area (Å²) in [6, 6.07) is 0. The molecule has 0 spiro atoms. The number of carboxylic acid groups (broad SMARTS) is 1. The van der Waals surface area contributed by atoms with Crippen molar-refractivity contribution >= 4 is 17.9 Å². The first-order valence-electron chi connectivity index (χ1n) is 5.93. The number of rotatable bonds is 4. The summed E-state index contributed by atoms with van der Waals surface area (Å²) in [4.78, 5) is 33.4. The number of hydrogen-bond acceptors (Lipinski definition) is 7. The van der Waals surface area contributed by atoms with Gasteiger partial charge in [-0.3, -0.25) is 9.59 Å². The largest absolute Gasteiger partial charge is 0.544 e. The number of aliphatic carboxylic acids is 1. The number of carbonyl (C=O) groups is 3. The Balaban J connectivity index is 1.67. The lowest BCUT2D eigenvalue weighted by Gasteiger charge is -2.22. The molecule has 0 aromatic heterocycles. The van der Waals surface area contributed by atoms with Crippen molar-refractivity contribution in [1.29, 1.82) is 0 Å². The van der Waals surface area contributed by atoms with E-state index in [0.29, 0.717) is 6.42 Å². The fourth-order valence-electron chi connectivity index (χ4n) is 2.93. The maximum Gasteiger partial charge on any atom is 0.320 e. The molecule has 3 heterocycles. The van der Waals surface area contributed by atoms with Crippen molar-refractivity contribution in [3.63, 3.8) is 0 Å². The van der Waals surface area contributed by atoms with Gasteiger partial charge in [-0.1, -0.05) is 0 Å². The second-order valence-corrected chi connectivity index (χ2v) is 5.00. The van der Waals surface area contributed by atoms with Crippen LogP contribution in [0.4, 0.5) is 8.78 Å². The summed E-state index contributed by atoms with van der Waals surface area (Å²) in [5.41, 5.74) is 0. The van der Waals surface area contributed by atoms with Gasteiger partial charge < -0.3 is 24.1 Å². The molecular formula is C11H9F2O7-. The van der Waals surface area contributed by atoms with E-state index < -0.39 is 60.6 Å². The van der Waals surface area contributed by atoms with Gasteiger partial charge in [0.05, 0.1) is 12.0 Å². The van der Waals surface area contributed by atoms with Crippen LogP contribution in [0.1, 0.15) is 6.42 Å². The van der Waals surface area contributed by atoms with Gasteiger partial charge in [0.1, 0.15) is 24.1 Å². The summed E-state index contributed by atoms with van der Waals surface area (Å²) >= 11 is 0. The number of esters is 2. The average Bonchev–Trinajstić information content (AvgIpc) is 2.96. The molecule has 3 fully saturated rings. The van der Waals surface area contributed by atoms with Crippen molar-refractivity contribution in [2.24, 2.45) is 11.8 Å². The molecule has 110 valence electrons. The van der Waals surface area contributed by atoms with Crippen LogP contribution in [0.25, 0.3) is 0 Å². The number of fused-ring (bicyclic) bond motifs is 1. The van der Waals surface area contributed by atoms with Gasteiger partial charge in [0.25, 0.3) is 0 Å². The number of ether oxygens (including phenoxy) is 3. The first-order valence-corrected chi connectivity index (χ1v) is 5.93. The van der Waals surface area contributed by atoms with Crippen molar-refractivity contribution in [3.05, 3.63) is 0 Å². The van der Waals surface area contributed by atoms with Crippen molar-refractivity contribution in [2.45, 2.75) is 30.7 Å². The Bertz CT molecular complexity index is 489. The van der Waals surface area contributed by atoms with E-state index in [1.54, 1.807) is 0 Å². The highest BCUT2D eigenvalue weighted by Crippen LogP contribution is 2.50. The van der Waals surface area contributed by atoms with Gasteiger partial charge >= 0.3 is 17.9 Å². The lowest BCUT2D eigenvalue weighted by Crippen LogP contribution is -2.46. The summed E-state index contributed by atoms with van der Waals surface area (Å²) < 4.78 is 40.2. The molecule has 5 atom stereocenters. The maximum atomic E-state index is 12.8. The number of carbonyl (C=O) groups excluding carboxylic acids is 3. The van der Waals surface area contributed by atoms with Crippen LogP contribution in [0.5, 0.6) is 0 Å². The van der Waals surface area contributed by atoms with Crippen LogP contribution in [0.15, 0.2) is 0 Å². The van der Waals surface area contributed by atoms with Crippen LogP contribution in [-0.2, 0) is 28.6 Å². The molecule has 2 bridgehead atoms. The topological polar surface area (TPSA) is 102 Å². The number of carboxylic acids is 1. The highest BCUT2D eigenvalue weighted by Gasteiger charge is 2.66. The predicted octanol–water partition coefficient (Wildman–Crippen LogP) is -1.76. The van der Waals surface area contributed by atoms with Crippen LogP contribution in [0, 0.1) is 11.8 Å². The molecule has 0 aromatic rings. The van der Waals surface area contributed by atoms with Crippen LogP contribution >= 0.6 is 0 Å². The Morgan fingerprint density at radius 3 is 2.75 bits per heavy atom. The van der Waals surface area contributed by atoms with Crippen LogP contribution in [-0.4, -0.2) is 48.7 Å². The predicted molar refractivity (Wildman–Crippen MR) is 51.1 cm³/mol. The third kappa shape index (κ3) is 1.76. The van der Waals surface area contributed by atoms with Crippen molar-refractivity contribution < 1.29 is 42.5 Å². The molecule has 0 aromatic carbocycles. The molecule has 0 aliphatic carbocycles. The summed E-state index contributed by atoms with van der Waals surface area (Å²) in [6.07, 6.45) is -1.26. The molecule has 20 heavy (non-hydrogen) atoms. The van der Waals surface area contributed by atoms with E-state index in [9.17, 15) is 28.3 Å². The van der Waals surface area contributed by atoms with E-state index in [2.05, 4.69) is 4.74 Å². The van der Waals surface area contributed by atoms with E-state index in [1.807, 2.05) is 0 Å². The fraction of sp³-hybridized carbons (Fsp3) is 0.727. The smallest absolute Gasteiger partial charge is 0.320 e. The molecule has 3 aliphatic rings. The second kappa shape index (κ2) is 4.11. The van der Waals surface area contributed by atoms with Crippen molar-refractivity contribution in [2.75, 3.05) is 6.61 Å². The molecule has 3 aliphatic heterocycles. The molecule has 5 unspecified atom stereocenters. The molecular weight excluding hydrogens is 282 g/mol. The molecule has 7 nitrogen and oxygen atoms in total. The molecule has 3 saturated heterocycles. The zero-order valence-corrected chi connectivity index (χ0v) is 9.91. The minimum atomic E-state index is -4.27. The zero-order valence-electron chi connectivity index (χ0n) is 9.91. The monoisotopic (exact) mass is 291 g/mol. The van der Waals surface area contributed by atoms with Gasteiger partial charge in [0, 0.05) is 6.42 Å². The SMILES string of the molecule is O=C(OCC(F)(F)C(=O)[O-])C1C2CC3OC(=O)C1C3O2. The number of alkyl halides is 2. The molecule has 0 amide bonds. The second-order valence-electron chi connectivity index (χ2n) is 5.00. The van der Waals surface area contributed by atoms with E-state index >= 15 is 0 Å². The van der Waals surface area contributed by atoms with Gasteiger partial charge in [-0.25, -0.2) is 0 Å². The van der Waals surface area contributed by atoms with Gasteiger partial charge in [-0.2, -0.15) is 8.78 Å². The molecule has 3 rings (SSSR count).